The van der Waals surface area contributed by atoms with Crippen LogP contribution in [-0.2, 0) is 0 Å². The SMILES string of the molecule is CN(c1ccc2[nH]ccc2c1)C(C)(C)C. The fourth-order valence-corrected chi connectivity index (χ4v) is 1.64. The van der Waals surface area contributed by atoms with Crippen molar-refractivity contribution < 1.29 is 0 Å². The van der Waals surface area contributed by atoms with Crippen LogP contribution in [0.15, 0.2) is 30.5 Å². The van der Waals surface area contributed by atoms with Gasteiger partial charge in [-0.1, -0.05) is 0 Å². The molecule has 0 aliphatic rings. The number of H-pyrrole nitrogens is 1. The van der Waals surface area contributed by atoms with E-state index < -0.39 is 0 Å². The Morgan fingerprint density at radius 3 is 2.53 bits per heavy atom. The van der Waals surface area contributed by atoms with Crippen molar-refractivity contribution in [1.29, 1.82) is 0 Å². The zero-order valence-electron chi connectivity index (χ0n) is 9.83. The van der Waals surface area contributed by atoms with Gasteiger partial charge in [-0.2, -0.15) is 0 Å². The smallest absolute Gasteiger partial charge is 0.0455 e. The molecule has 80 valence electrons. The van der Waals surface area contributed by atoms with E-state index >= 15 is 0 Å². The number of anilines is 1. The Balaban J connectivity index is 2.44. The third-order valence-corrected chi connectivity index (χ3v) is 2.93. The van der Waals surface area contributed by atoms with Crippen LogP contribution in [0.3, 0.4) is 0 Å². The van der Waals surface area contributed by atoms with Crippen molar-refractivity contribution in [2.75, 3.05) is 11.9 Å². The maximum atomic E-state index is 3.21. The Bertz CT molecular complexity index is 463. The molecule has 0 fully saturated rings. The zero-order chi connectivity index (χ0) is 11.1. The summed E-state index contributed by atoms with van der Waals surface area (Å²) in [7, 11) is 2.13. The van der Waals surface area contributed by atoms with Gasteiger partial charge in [0, 0.05) is 35.4 Å². The molecule has 1 aromatic heterocycles. The summed E-state index contributed by atoms with van der Waals surface area (Å²) in [5.74, 6) is 0. The van der Waals surface area contributed by atoms with Gasteiger partial charge in [0.25, 0.3) is 0 Å². The highest BCUT2D eigenvalue weighted by atomic mass is 15.2. The maximum absolute atomic E-state index is 3.21. The van der Waals surface area contributed by atoms with Gasteiger partial charge in [0.2, 0.25) is 0 Å². The third-order valence-electron chi connectivity index (χ3n) is 2.93. The highest BCUT2D eigenvalue weighted by Crippen LogP contribution is 2.25. The van der Waals surface area contributed by atoms with E-state index in [0.717, 1.165) is 0 Å². The van der Waals surface area contributed by atoms with Crippen LogP contribution in [0.25, 0.3) is 10.9 Å². The van der Waals surface area contributed by atoms with E-state index in [1.54, 1.807) is 0 Å². The molecular formula is C13H18N2. The van der Waals surface area contributed by atoms with Crippen molar-refractivity contribution in [3.8, 4) is 0 Å². The summed E-state index contributed by atoms with van der Waals surface area (Å²) in [6.45, 7) is 6.65. The molecule has 2 nitrogen and oxygen atoms in total. The fraction of sp³-hybridized carbons (Fsp3) is 0.385. The minimum Gasteiger partial charge on any atom is -0.370 e. The molecule has 0 aliphatic heterocycles. The van der Waals surface area contributed by atoms with Gasteiger partial charge in [-0.3, -0.25) is 0 Å². The lowest BCUT2D eigenvalue weighted by Gasteiger charge is -2.34. The van der Waals surface area contributed by atoms with Crippen LogP contribution in [0, 0.1) is 0 Å². The molecule has 2 aromatic rings. The molecule has 0 atom stereocenters. The average molecular weight is 202 g/mol. The van der Waals surface area contributed by atoms with Crippen LogP contribution in [0.5, 0.6) is 0 Å². The van der Waals surface area contributed by atoms with Crippen LogP contribution in [0.4, 0.5) is 5.69 Å². The first-order valence-electron chi connectivity index (χ1n) is 5.29. The van der Waals surface area contributed by atoms with Crippen molar-refractivity contribution >= 4 is 16.6 Å². The van der Waals surface area contributed by atoms with Gasteiger partial charge in [-0.15, -0.1) is 0 Å². The van der Waals surface area contributed by atoms with Crippen molar-refractivity contribution in [3.05, 3.63) is 30.5 Å². The minimum atomic E-state index is 0.157. The van der Waals surface area contributed by atoms with Crippen LogP contribution < -0.4 is 4.90 Å². The Morgan fingerprint density at radius 1 is 1.13 bits per heavy atom. The van der Waals surface area contributed by atoms with E-state index in [1.165, 1.54) is 16.6 Å². The van der Waals surface area contributed by atoms with E-state index in [-0.39, 0.29) is 5.54 Å². The number of rotatable bonds is 1. The molecule has 0 aliphatic carbocycles. The van der Waals surface area contributed by atoms with Gasteiger partial charge >= 0.3 is 0 Å². The first-order chi connectivity index (χ1) is 6.98. The number of hydrogen-bond acceptors (Lipinski definition) is 1. The van der Waals surface area contributed by atoms with Crippen LogP contribution in [0.1, 0.15) is 20.8 Å². The molecule has 0 radical (unpaired) electrons. The minimum absolute atomic E-state index is 0.157. The van der Waals surface area contributed by atoms with Gasteiger partial charge in [-0.25, -0.2) is 0 Å². The molecular weight excluding hydrogens is 184 g/mol. The van der Waals surface area contributed by atoms with Crippen LogP contribution in [0.2, 0.25) is 0 Å². The number of aromatic amines is 1. The summed E-state index contributed by atoms with van der Waals surface area (Å²) >= 11 is 0. The third kappa shape index (κ3) is 1.84. The van der Waals surface area contributed by atoms with Crippen molar-refractivity contribution in [2.24, 2.45) is 0 Å². The molecule has 0 bridgehead atoms. The molecule has 2 heteroatoms. The molecule has 0 saturated heterocycles. The number of nitrogens with one attached hydrogen (secondary N) is 1. The summed E-state index contributed by atoms with van der Waals surface area (Å²) in [4.78, 5) is 5.50. The maximum Gasteiger partial charge on any atom is 0.0455 e. The van der Waals surface area contributed by atoms with Gasteiger partial charge in [0.15, 0.2) is 0 Å². The average Bonchev–Trinajstić information content (AvgIpc) is 2.61. The van der Waals surface area contributed by atoms with E-state index in [1.807, 2.05) is 6.20 Å². The van der Waals surface area contributed by atoms with Gasteiger partial charge in [-0.05, 0) is 45.0 Å². The molecule has 0 saturated carbocycles. The van der Waals surface area contributed by atoms with Gasteiger partial charge in [0.05, 0.1) is 0 Å². The Labute approximate surface area is 90.9 Å². The summed E-state index contributed by atoms with van der Waals surface area (Å²) in [6, 6.07) is 8.61. The predicted octanol–water partition coefficient (Wildman–Crippen LogP) is 3.40. The number of nitrogens with zero attached hydrogens (tertiary/aromatic N) is 1. The van der Waals surface area contributed by atoms with E-state index in [2.05, 4.69) is 62.0 Å². The van der Waals surface area contributed by atoms with Crippen molar-refractivity contribution in [2.45, 2.75) is 26.3 Å². The monoisotopic (exact) mass is 202 g/mol. The lowest BCUT2D eigenvalue weighted by molar-refractivity contribution is 0.539. The summed E-state index contributed by atoms with van der Waals surface area (Å²) in [5, 5.41) is 1.27. The standard InChI is InChI=1S/C13H18N2/c1-13(2,3)15(4)11-5-6-12-10(9-11)7-8-14-12/h5-9,14H,1-4H3. The molecule has 1 heterocycles. The zero-order valence-corrected chi connectivity index (χ0v) is 9.83. The topological polar surface area (TPSA) is 19.0 Å². The largest absolute Gasteiger partial charge is 0.370 e. The van der Waals surface area contributed by atoms with Gasteiger partial charge in [0.1, 0.15) is 0 Å². The summed E-state index contributed by atoms with van der Waals surface area (Å²) in [5.41, 5.74) is 2.61. The van der Waals surface area contributed by atoms with Crippen LogP contribution >= 0.6 is 0 Å². The highest BCUT2D eigenvalue weighted by Gasteiger charge is 2.17. The fourth-order valence-electron chi connectivity index (χ4n) is 1.64. The second-order valence-corrected chi connectivity index (χ2v) is 4.98. The molecule has 15 heavy (non-hydrogen) atoms. The molecule has 2 rings (SSSR count). The summed E-state index contributed by atoms with van der Waals surface area (Å²) < 4.78 is 0. The predicted molar refractivity (Wildman–Crippen MR) is 66.5 cm³/mol. The quantitative estimate of drug-likeness (QED) is 0.751. The number of fused-ring (bicyclic) bond motifs is 1. The Kier molecular flexibility index (Phi) is 2.22. The van der Waals surface area contributed by atoms with Gasteiger partial charge < -0.3 is 9.88 Å². The first kappa shape index (κ1) is 10.1. The van der Waals surface area contributed by atoms with Crippen LogP contribution in [-0.4, -0.2) is 17.6 Å². The molecule has 1 N–H and O–H groups in total. The van der Waals surface area contributed by atoms with Crippen molar-refractivity contribution in [3.63, 3.8) is 0 Å². The lowest BCUT2D eigenvalue weighted by atomic mass is 10.1. The lowest BCUT2D eigenvalue weighted by Crippen LogP contribution is -2.37. The second-order valence-electron chi connectivity index (χ2n) is 4.98. The second kappa shape index (κ2) is 3.30. The first-order valence-corrected chi connectivity index (χ1v) is 5.29. The Morgan fingerprint density at radius 2 is 1.87 bits per heavy atom. The Hall–Kier alpha value is -1.44. The summed E-state index contributed by atoms with van der Waals surface area (Å²) in [6.07, 6.45) is 1.98. The van der Waals surface area contributed by atoms with E-state index in [4.69, 9.17) is 0 Å². The van der Waals surface area contributed by atoms with Crippen molar-refractivity contribution in [1.82, 2.24) is 4.98 Å². The van der Waals surface area contributed by atoms with E-state index in [9.17, 15) is 0 Å². The number of aromatic nitrogens is 1. The number of benzene rings is 1. The number of hydrogen-bond donors (Lipinski definition) is 1. The molecule has 0 unspecified atom stereocenters. The highest BCUT2D eigenvalue weighted by molar-refractivity contribution is 5.83. The van der Waals surface area contributed by atoms with E-state index in [0.29, 0.717) is 0 Å². The molecule has 1 aromatic carbocycles. The normalized spacial score (nSPS) is 12.0. The molecule has 0 spiro atoms. The molecule has 0 amide bonds.